The molecule has 2 unspecified atom stereocenters. The highest BCUT2D eigenvalue weighted by Gasteiger charge is 2.41. The summed E-state index contributed by atoms with van der Waals surface area (Å²) in [4.78, 5) is 2.34. The zero-order chi connectivity index (χ0) is 26.2. The van der Waals surface area contributed by atoms with E-state index in [0.29, 0.717) is 18.0 Å². The van der Waals surface area contributed by atoms with Crippen LogP contribution in [0.4, 0.5) is 0 Å². The predicted octanol–water partition coefficient (Wildman–Crippen LogP) is 6.96. The molecular formula is C33H29NO4. The Morgan fingerprint density at radius 2 is 1.21 bits per heavy atom. The summed E-state index contributed by atoms with van der Waals surface area (Å²) in [5, 5.41) is 24.6. The van der Waals surface area contributed by atoms with Crippen molar-refractivity contribution in [2.75, 3.05) is 14.2 Å². The molecule has 0 aliphatic carbocycles. The topological polar surface area (TPSA) is 62.2 Å². The van der Waals surface area contributed by atoms with E-state index in [-0.39, 0.29) is 23.6 Å². The van der Waals surface area contributed by atoms with Crippen molar-refractivity contribution in [3.8, 4) is 23.0 Å². The molecule has 6 rings (SSSR count). The maximum atomic E-state index is 11.3. The third kappa shape index (κ3) is 3.92. The summed E-state index contributed by atoms with van der Waals surface area (Å²) in [7, 11) is 3.30. The van der Waals surface area contributed by atoms with Crippen molar-refractivity contribution in [3.05, 3.63) is 131 Å². The van der Waals surface area contributed by atoms with Crippen molar-refractivity contribution in [1.29, 1.82) is 0 Å². The first-order valence-electron chi connectivity index (χ1n) is 12.6. The number of nitrogens with zero attached hydrogens (tertiary/aromatic N) is 1. The lowest BCUT2D eigenvalue weighted by atomic mass is 9.79. The van der Waals surface area contributed by atoms with Gasteiger partial charge in [0, 0.05) is 29.3 Å². The van der Waals surface area contributed by atoms with E-state index in [1.54, 1.807) is 26.4 Å². The van der Waals surface area contributed by atoms with E-state index in [4.69, 9.17) is 9.47 Å². The molecule has 0 amide bonds. The SMILES string of the molecule is COc1ccc(CN2C(c3ccccc3)c3c(O)ccc4ccc(O)c(c34)C2c2ccccc2)c(OC)c1. The summed E-state index contributed by atoms with van der Waals surface area (Å²) in [5.41, 5.74) is 4.66. The van der Waals surface area contributed by atoms with E-state index in [1.807, 2.05) is 66.7 Å². The standard InChI is InChI=1S/C33H29NO4/c1-37-25-16-13-24(28(19-25)38-2)20-34-32(22-9-5-3-6-10-22)30-26(35)17-14-21-15-18-27(36)31(29(21)30)33(34)23-11-7-4-8-12-23/h3-19,32-33,35-36H,20H2,1-2H3. The van der Waals surface area contributed by atoms with Crippen LogP contribution in [0.15, 0.2) is 103 Å². The van der Waals surface area contributed by atoms with Crippen molar-refractivity contribution in [2.24, 2.45) is 0 Å². The van der Waals surface area contributed by atoms with Gasteiger partial charge in [0.05, 0.1) is 26.3 Å². The molecule has 0 aromatic heterocycles. The molecule has 0 saturated heterocycles. The molecule has 5 aromatic rings. The number of benzene rings is 5. The number of ether oxygens (including phenoxy) is 2. The Morgan fingerprint density at radius 3 is 1.71 bits per heavy atom. The van der Waals surface area contributed by atoms with E-state index in [2.05, 4.69) is 29.2 Å². The molecular weight excluding hydrogens is 474 g/mol. The minimum atomic E-state index is -0.286. The van der Waals surface area contributed by atoms with E-state index in [0.717, 1.165) is 38.6 Å². The van der Waals surface area contributed by atoms with Crippen LogP contribution in [0.2, 0.25) is 0 Å². The largest absolute Gasteiger partial charge is 0.508 e. The second-order valence-corrected chi connectivity index (χ2v) is 9.57. The number of phenolic OH excluding ortho intramolecular Hbond substituents is 2. The molecule has 2 N–H and O–H groups in total. The number of aromatic hydroxyl groups is 2. The first-order valence-corrected chi connectivity index (χ1v) is 12.6. The lowest BCUT2D eigenvalue weighted by molar-refractivity contribution is 0.159. The van der Waals surface area contributed by atoms with Crippen LogP contribution >= 0.6 is 0 Å². The lowest BCUT2D eigenvalue weighted by Crippen LogP contribution is -2.37. The fourth-order valence-electron chi connectivity index (χ4n) is 5.83. The van der Waals surface area contributed by atoms with Gasteiger partial charge in [-0.1, -0.05) is 78.9 Å². The average molecular weight is 504 g/mol. The quantitative estimate of drug-likeness (QED) is 0.262. The van der Waals surface area contributed by atoms with Crippen molar-refractivity contribution in [2.45, 2.75) is 18.6 Å². The van der Waals surface area contributed by atoms with Crippen LogP contribution in [0.25, 0.3) is 10.8 Å². The monoisotopic (exact) mass is 503 g/mol. The van der Waals surface area contributed by atoms with Crippen molar-refractivity contribution < 1.29 is 19.7 Å². The van der Waals surface area contributed by atoms with Gasteiger partial charge in [-0.25, -0.2) is 0 Å². The summed E-state index contributed by atoms with van der Waals surface area (Å²) >= 11 is 0. The van der Waals surface area contributed by atoms with Crippen LogP contribution in [-0.2, 0) is 6.54 Å². The van der Waals surface area contributed by atoms with Crippen LogP contribution in [0.3, 0.4) is 0 Å². The molecule has 1 heterocycles. The van der Waals surface area contributed by atoms with E-state index in [9.17, 15) is 10.2 Å². The first kappa shape index (κ1) is 23.9. The number of hydrogen-bond donors (Lipinski definition) is 2. The fourth-order valence-corrected chi connectivity index (χ4v) is 5.83. The van der Waals surface area contributed by atoms with Gasteiger partial charge in [0.25, 0.3) is 0 Å². The third-order valence-electron chi connectivity index (χ3n) is 7.51. The number of hydrogen-bond acceptors (Lipinski definition) is 5. The van der Waals surface area contributed by atoms with Crippen molar-refractivity contribution in [1.82, 2.24) is 4.90 Å². The van der Waals surface area contributed by atoms with Gasteiger partial charge in [0.1, 0.15) is 23.0 Å². The Hall–Kier alpha value is -4.48. The smallest absolute Gasteiger partial charge is 0.127 e. The van der Waals surface area contributed by atoms with E-state index in [1.165, 1.54) is 0 Å². The molecule has 190 valence electrons. The molecule has 5 nitrogen and oxygen atoms in total. The summed E-state index contributed by atoms with van der Waals surface area (Å²) < 4.78 is 11.2. The van der Waals surface area contributed by atoms with Gasteiger partial charge in [-0.3, -0.25) is 4.90 Å². The summed E-state index contributed by atoms with van der Waals surface area (Å²) in [6, 6.07) is 33.1. The number of methoxy groups -OCH3 is 2. The van der Waals surface area contributed by atoms with Gasteiger partial charge in [-0.05, 0) is 40.1 Å². The highest BCUT2D eigenvalue weighted by molar-refractivity contribution is 5.95. The molecule has 5 heteroatoms. The average Bonchev–Trinajstić information content (AvgIpc) is 2.97. The van der Waals surface area contributed by atoms with Crippen LogP contribution in [0, 0.1) is 0 Å². The molecule has 0 saturated carbocycles. The van der Waals surface area contributed by atoms with Gasteiger partial charge in [0.15, 0.2) is 0 Å². The molecule has 38 heavy (non-hydrogen) atoms. The van der Waals surface area contributed by atoms with E-state index < -0.39 is 0 Å². The maximum absolute atomic E-state index is 11.3. The second-order valence-electron chi connectivity index (χ2n) is 9.57. The Labute approximate surface area is 222 Å². The highest BCUT2D eigenvalue weighted by Crippen LogP contribution is 2.54. The zero-order valence-corrected chi connectivity index (χ0v) is 21.3. The van der Waals surface area contributed by atoms with Crippen molar-refractivity contribution >= 4 is 10.8 Å². The van der Waals surface area contributed by atoms with Crippen LogP contribution in [0.1, 0.15) is 39.9 Å². The minimum absolute atomic E-state index is 0.205. The van der Waals surface area contributed by atoms with Crippen LogP contribution < -0.4 is 9.47 Å². The van der Waals surface area contributed by atoms with E-state index >= 15 is 0 Å². The summed E-state index contributed by atoms with van der Waals surface area (Å²) in [5.74, 6) is 1.84. The zero-order valence-electron chi connectivity index (χ0n) is 21.3. The Morgan fingerprint density at radius 1 is 0.658 bits per heavy atom. The Kier molecular flexibility index (Phi) is 6.14. The number of phenols is 2. The molecule has 0 fully saturated rings. The lowest BCUT2D eigenvalue weighted by Gasteiger charge is -2.44. The number of rotatable bonds is 6. The van der Waals surface area contributed by atoms with Gasteiger partial charge in [-0.15, -0.1) is 0 Å². The Bertz CT molecular complexity index is 1510. The van der Waals surface area contributed by atoms with Gasteiger partial charge in [-0.2, -0.15) is 0 Å². The fraction of sp³-hybridized carbons (Fsp3) is 0.152. The van der Waals surface area contributed by atoms with Crippen LogP contribution in [0.5, 0.6) is 23.0 Å². The Balaban J connectivity index is 1.67. The molecule has 0 spiro atoms. The predicted molar refractivity (Wildman–Crippen MR) is 149 cm³/mol. The molecule has 0 radical (unpaired) electrons. The van der Waals surface area contributed by atoms with Crippen LogP contribution in [-0.4, -0.2) is 29.3 Å². The third-order valence-corrected chi connectivity index (χ3v) is 7.51. The molecule has 1 aliphatic heterocycles. The van der Waals surface area contributed by atoms with Gasteiger partial charge < -0.3 is 19.7 Å². The van der Waals surface area contributed by atoms with Gasteiger partial charge in [0.2, 0.25) is 0 Å². The second kappa shape index (κ2) is 9.77. The highest BCUT2D eigenvalue weighted by atomic mass is 16.5. The normalized spacial score (nSPS) is 16.9. The van der Waals surface area contributed by atoms with Crippen molar-refractivity contribution in [3.63, 3.8) is 0 Å². The van der Waals surface area contributed by atoms with Gasteiger partial charge >= 0.3 is 0 Å². The minimum Gasteiger partial charge on any atom is -0.508 e. The molecule has 5 aromatic carbocycles. The maximum Gasteiger partial charge on any atom is 0.127 e. The summed E-state index contributed by atoms with van der Waals surface area (Å²) in [6.07, 6.45) is 0. The molecule has 2 atom stereocenters. The molecule has 0 bridgehead atoms. The summed E-state index contributed by atoms with van der Waals surface area (Å²) in [6.45, 7) is 0.496. The molecule has 1 aliphatic rings. The first-order chi connectivity index (χ1) is 18.6.